The molecule has 7 heteroatoms. The highest BCUT2D eigenvalue weighted by Gasteiger charge is 2.31. The largest absolute Gasteiger partial charge is 0.337 e. The van der Waals surface area contributed by atoms with E-state index in [-0.39, 0.29) is 15.5 Å². The zero-order valence-corrected chi connectivity index (χ0v) is 17.4. The van der Waals surface area contributed by atoms with Crippen molar-refractivity contribution in [3.63, 3.8) is 0 Å². The second kappa shape index (κ2) is 7.52. The van der Waals surface area contributed by atoms with Gasteiger partial charge in [0.25, 0.3) is 5.91 Å². The van der Waals surface area contributed by atoms with E-state index in [2.05, 4.69) is 20.8 Å². The molecule has 2 heterocycles. The molecule has 2 aliphatic rings. The van der Waals surface area contributed by atoms with Crippen LogP contribution in [0.4, 0.5) is 0 Å². The molecule has 0 radical (unpaired) electrons. The molecule has 0 aromatic heterocycles. The third kappa shape index (κ3) is 4.43. The van der Waals surface area contributed by atoms with Gasteiger partial charge in [0.2, 0.25) is 10.0 Å². The van der Waals surface area contributed by atoms with Gasteiger partial charge >= 0.3 is 0 Å². The van der Waals surface area contributed by atoms with E-state index in [1.807, 2.05) is 16.7 Å². The SMILES string of the molecule is CC(C)(C)S[C@@H]1CCN(C(=O)c2ccc(S(=O)(=O)N3CCCC3)cc2)C1. The molecular weight excluding hydrogens is 368 g/mol. The van der Waals surface area contributed by atoms with Crippen LogP contribution in [0.1, 0.15) is 50.4 Å². The maximum atomic E-state index is 12.7. The molecule has 0 unspecified atom stereocenters. The maximum Gasteiger partial charge on any atom is 0.253 e. The summed E-state index contributed by atoms with van der Waals surface area (Å²) in [5, 5.41) is 0.466. The Balaban J connectivity index is 1.66. The van der Waals surface area contributed by atoms with Gasteiger partial charge in [0.1, 0.15) is 0 Å². The zero-order valence-electron chi connectivity index (χ0n) is 15.8. The van der Waals surface area contributed by atoms with Crippen molar-refractivity contribution < 1.29 is 13.2 Å². The number of likely N-dealkylation sites (tertiary alicyclic amines) is 1. The topological polar surface area (TPSA) is 57.7 Å². The highest BCUT2D eigenvalue weighted by molar-refractivity contribution is 8.01. The molecule has 5 nitrogen and oxygen atoms in total. The fraction of sp³-hybridized carbons (Fsp3) is 0.632. The summed E-state index contributed by atoms with van der Waals surface area (Å²) < 4.78 is 26.9. The molecule has 3 rings (SSSR count). The normalized spacial score (nSPS) is 22.1. The van der Waals surface area contributed by atoms with Crippen molar-refractivity contribution in [3.05, 3.63) is 29.8 Å². The predicted octanol–water partition coefficient (Wildman–Crippen LogP) is 3.22. The molecule has 0 saturated carbocycles. The van der Waals surface area contributed by atoms with Gasteiger partial charge in [0.05, 0.1) is 4.90 Å². The minimum absolute atomic E-state index is 0.00729. The molecule has 144 valence electrons. The number of carbonyl (C=O) groups is 1. The minimum Gasteiger partial charge on any atom is -0.337 e. The van der Waals surface area contributed by atoms with Crippen molar-refractivity contribution in [1.82, 2.24) is 9.21 Å². The molecule has 2 fully saturated rings. The van der Waals surface area contributed by atoms with Crippen LogP contribution in [0.25, 0.3) is 0 Å². The highest BCUT2D eigenvalue weighted by atomic mass is 32.2. The lowest BCUT2D eigenvalue weighted by Crippen LogP contribution is -2.30. The second-order valence-electron chi connectivity index (χ2n) is 8.03. The minimum atomic E-state index is -3.42. The summed E-state index contributed by atoms with van der Waals surface area (Å²) in [5.74, 6) is -0.00729. The fourth-order valence-corrected chi connectivity index (χ4v) is 6.53. The van der Waals surface area contributed by atoms with Gasteiger partial charge in [0.15, 0.2) is 0 Å². The van der Waals surface area contributed by atoms with E-state index in [4.69, 9.17) is 0 Å². The van der Waals surface area contributed by atoms with Gasteiger partial charge in [0, 0.05) is 41.7 Å². The molecule has 1 aromatic carbocycles. The van der Waals surface area contributed by atoms with Crippen LogP contribution in [-0.2, 0) is 10.0 Å². The van der Waals surface area contributed by atoms with Crippen LogP contribution in [0.15, 0.2) is 29.2 Å². The number of nitrogens with zero attached hydrogens (tertiary/aromatic N) is 2. The Bertz CT molecular complexity index is 748. The summed E-state index contributed by atoms with van der Waals surface area (Å²) in [6, 6.07) is 6.43. The van der Waals surface area contributed by atoms with Crippen molar-refractivity contribution in [3.8, 4) is 0 Å². The molecule has 26 heavy (non-hydrogen) atoms. The molecular formula is C19H28N2O3S2. The lowest BCUT2D eigenvalue weighted by molar-refractivity contribution is 0.0793. The monoisotopic (exact) mass is 396 g/mol. The number of sulfonamides is 1. The third-order valence-electron chi connectivity index (χ3n) is 4.76. The Morgan fingerprint density at radius 2 is 1.69 bits per heavy atom. The summed E-state index contributed by atoms with van der Waals surface area (Å²) in [6.45, 7) is 9.29. The summed E-state index contributed by atoms with van der Waals surface area (Å²) in [7, 11) is -3.42. The molecule has 0 spiro atoms. The molecule has 2 aliphatic heterocycles. The average Bonchev–Trinajstić information content (AvgIpc) is 3.24. The smallest absolute Gasteiger partial charge is 0.253 e. The van der Waals surface area contributed by atoms with Gasteiger partial charge in [-0.25, -0.2) is 8.42 Å². The maximum absolute atomic E-state index is 12.7. The van der Waals surface area contributed by atoms with Crippen LogP contribution in [0.3, 0.4) is 0 Å². The van der Waals surface area contributed by atoms with Crippen molar-refractivity contribution in [2.24, 2.45) is 0 Å². The van der Waals surface area contributed by atoms with Crippen LogP contribution in [-0.4, -0.2) is 59.7 Å². The van der Waals surface area contributed by atoms with E-state index in [1.165, 1.54) is 4.31 Å². The molecule has 1 aromatic rings. The summed E-state index contributed by atoms with van der Waals surface area (Å²) in [6.07, 6.45) is 2.84. The highest BCUT2D eigenvalue weighted by Crippen LogP contribution is 2.33. The third-order valence-corrected chi connectivity index (χ3v) is 8.09. The standard InChI is InChI=1S/C19H28N2O3S2/c1-19(2,3)25-16-10-13-20(14-16)18(22)15-6-8-17(9-7-15)26(23,24)21-11-4-5-12-21/h6-9,16H,4-5,10-14H2,1-3H3/t16-/m1/s1. The number of hydrogen-bond donors (Lipinski definition) is 0. The molecule has 2 saturated heterocycles. The number of carbonyl (C=O) groups excluding carboxylic acids is 1. The Kier molecular flexibility index (Phi) is 5.70. The number of thioether (sulfide) groups is 1. The van der Waals surface area contributed by atoms with Gasteiger partial charge < -0.3 is 4.90 Å². The van der Waals surface area contributed by atoms with Crippen molar-refractivity contribution in [1.29, 1.82) is 0 Å². The van der Waals surface area contributed by atoms with Crippen LogP contribution < -0.4 is 0 Å². The van der Waals surface area contributed by atoms with Crippen molar-refractivity contribution in [2.75, 3.05) is 26.2 Å². The van der Waals surface area contributed by atoms with Crippen molar-refractivity contribution in [2.45, 2.75) is 54.9 Å². The van der Waals surface area contributed by atoms with Gasteiger partial charge in [-0.3, -0.25) is 4.79 Å². The van der Waals surface area contributed by atoms with E-state index < -0.39 is 10.0 Å². The Morgan fingerprint density at radius 1 is 1.08 bits per heavy atom. The average molecular weight is 397 g/mol. The number of benzene rings is 1. The molecule has 0 N–H and O–H groups in total. The van der Waals surface area contributed by atoms with E-state index >= 15 is 0 Å². The van der Waals surface area contributed by atoms with E-state index in [0.29, 0.717) is 23.9 Å². The van der Waals surface area contributed by atoms with Crippen LogP contribution >= 0.6 is 11.8 Å². The van der Waals surface area contributed by atoms with Crippen LogP contribution in [0.2, 0.25) is 0 Å². The van der Waals surface area contributed by atoms with Gasteiger partial charge in [-0.2, -0.15) is 16.1 Å². The predicted molar refractivity (Wildman–Crippen MR) is 106 cm³/mol. The summed E-state index contributed by atoms with van der Waals surface area (Å²) in [5.41, 5.74) is 0.562. The fourth-order valence-electron chi connectivity index (χ4n) is 3.54. The molecule has 1 atom stereocenters. The quantitative estimate of drug-likeness (QED) is 0.784. The van der Waals surface area contributed by atoms with Crippen LogP contribution in [0.5, 0.6) is 0 Å². The van der Waals surface area contributed by atoms with E-state index in [0.717, 1.165) is 32.4 Å². The van der Waals surface area contributed by atoms with Crippen molar-refractivity contribution >= 4 is 27.7 Å². The first-order valence-corrected chi connectivity index (χ1v) is 11.6. The van der Waals surface area contributed by atoms with Gasteiger partial charge in [-0.1, -0.05) is 20.8 Å². The molecule has 0 aliphatic carbocycles. The first-order chi connectivity index (χ1) is 12.2. The van der Waals surface area contributed by atoms with Gasteiger partial charge in [-0.15, -0.1) is 0 Å². The Labute approximate surface area is 161 Å². The zero-order chi connectivity index (χ0) is 18.9. The number of amides is 1. The lowest BCUT2D eigenvalue weighted by Gasteiger charge is -2.23. The first-order valence-electron chi connectivity index (χ1n) is 9.24. The number of hydrogen-bond acceptors (Lipinski definition) is 4. The van der Waals surface area contributed by atoms with Crippen LogP contribution in [0, 0.1) is 0 Å². The first kappa shape index (κ1) is 19.7. The summed E-state index contributed by atoms with van der Waals surface area (Å²) in [4.78, 5) is 14.9. The Morgan fingerprint density at radius 3 is 2.27 bits per heavy atom. The molecule has 1 amide bonds. The summed E-state index contributed by atoms with van der Waals surface area (Å²) >= 11 is 1.92. The molecule has 0 bridgehead atoms. The van der Waals surface area contributed by atoms with Gasteiger partial charge in [-0.05, 0) is 43.5 Å². The Hall–Kier alpha value is -1.05. The number of rotatable bonds is 4. The van der Waals surface area contributed by atoms with E-state index in [1.54, 1.807) is 24.3 Å². The van der Waals surface area contributed by atoms with E-state index in [9.17, 15) is 13.2 Å². The second-order valence-corrected chi connectivity index (χ2v) is 12.1. The lowest BCUT2D eigenvalue weighted by atomic mass is 10.2.